The van der Waals surface area contributed by atoms with Gasteiger partial charge in [-0.2, -0.15) is 0 Å². The lowest BCUT2D eigenvalue weighted by Gasteiger charge is -2.30. The van der Waals surface area contributed by atoms with Gasteiger partial charge in [-0.05, 0) is 33.6 Å². The highest BCUT2D eigenvalue weighted by Gasteiger charge is 2.41. The van der Waals surface area contributed by atoms with Crippen molar-refractivity contribution in [2.24, 2.45) is 0 Å². The monoisotopic (exact) mass is 259 g/mol. The minimum Gasteiger partial charge on any atom is -0.480 e. The molecule has 0 saturated carbocycles. The molecule has 104 valence electrons. The second-order valence-electron chi connectivity index (χ2n) is 5.48. The van der Waals surface area contributed by atoms with E-state index in [0.717, 1.165) is 0 Å². The topological polar surface area (TPSA) is 84.9 Å². The summed E-state index contributed by atoms with van der Waals surface area (Å²) in [4.78, 5) is 23.1. The first-order chi connectivity index (χ1) is 8.25. The van der Waals surface area contributed by atoms with Gasteiger partial charge in [0, 0.05) is 19.6 Å². The molecule has 6 nitrogen and oxygen atoms in total. The van der Waals surface area contributed by atoms with Gasteiger partial charge >= 0.3 is 12.1 Å². The molecular formula is C12H21NO5. The van der Waals surface area contributed by atoms with Gasteiger partial charge in [-0.15, -0.1) is 0 Å². The molecule has 1 rings (SSSR count). The number of ether oxygens (including phenoxy) is 2. The molecule has 0 radical (unpaired) electrons. The summed E-state index contributed by atoms with van der Waals surface area (Å²) in [5, 5.41) is 11.8. The number of nitrogens with one attached hydrogen (secondary N) is 1. The fourth-order valence-electron chi connectivity index (χ4n) is 1.84. The molecule has 1 heterocycles. The Bertz CT molecular complexity index is 313. The number of carboxylic acids is 1. The highest BCUT2D eigenvalue weighted by atomic mass is 16.6. The maximum atomic E-state index is 11.7. The van der Waals surface area contributed by atoms with Crippen molar-refractivity contribution >= 4 is 12.1 Å². The Morgan fingerprint density at radius 1 is 1.28 bits per heavy atom. The standard InChI is InChI=1S/C12H21NO5/c1-11(2,3)18-10(16)13-12(9(14)15)5-4-7-17-8-6-12/h4-8H2,1-3H3,(H,13,16)(H,14,15). The van der Waals surface area contributed by atoms with Crippen molar-refractivity contribution in [1.29, 1.82) is 0 Å². The summed E-state index contributed by atoms with van der Waals surface area (Å²) in [5.74, 6) is -1.04. The summed E-state index contributed by atoms with van der Waals surface area (Å²) in [6.07, 6.45) is 0.498. The molecule has 0 spiro atoms. The van der Waals surface area contributed by atoms with Crippen molar-refractivity contribution in [3.05, 3.63) is 0 Å². The Kier molecular flexibility index (Phi) is 4.56. The highest BCUT2D eigenvalue weighted by Crippen LogP contribution is 2.22. The smallest absolute Gasteiger partial charge is 0.408 e. The quantitative estimate of drug-likeness (QED) is 0.785. The summed E-state index contributed by atoms with van der Waals surface area (Å²) in [5.41, 5.74) is -1.93. The van der Waals surface area contributed by atoms with Crippen LogP contribution in [0.15, 0.2) is 0 Å². The maximum Gasteiger partial charge on any atom is 0.408 e. The summed E-state index contributed by atoms with van der Waals surface area (Å²) < 4.78 is 10.3. The zero-order valence-electron chi connectivity index (χ0n) is 11.1. The van der Waals surface area contributed by atoms with E-state index < -0.39 is 23.2 Å². The molecule has 1 fully saturated rings. The van der Waals surface area contributed by atoms with E-state index in [1.54, 1.807) is 20.8 Å². The summed E-state index contributed by atoms with van der Waals surface area (Å²) in [6, 6.07) is 0. The zero-order valence-corrected chi connectivity index (χ0v) is 11.1. The average Bonchev–Trinajstić information content (AvgIpc) is 2.41. The number of hydrogen-bond donors (Lipinski definition) is 2. The number of carboxylic acid groups (broad SMARTS) is 1. The van der Waals surface area contributed by atoms with E-state index in [4.69, 9.17) is 9.47 Å². The highest BCUT2D eigenvalue weighted by molar-refractivity contribution is 5.84. The van der Waals surface area contributed by atoms with E-state index in [2.05, 4.69) is 5.32 Å². The van der Waals surface area contributed by atoms with E-state index >= 15 is 0 Å². The van der Waals surface area contributed by atoms with Crippen LogP contribution in [0.2, 0.25) is 0 Å². The molecule has 0 aromatic carbocycles. The largest absolute Gasteiger partial charge is 0.480 e. The van der Waals surface area contributed by atoms with Crippen LogP contribution in [0.5, 0.6) is 0 Å². The van der Waals surface area contributed by atoms with Gasteiger partial charge in [0.15, 0.2) is 0 Å². The predicted molar refractivity (Wildman–Crippen MR) is 64.4 cm³/mol. The Balaban J connectivity index is 2.73. The van der Waals surface area contributed by atoms with Crippen LogP contribution < -0.4 is 5.32 Å². The minimum absolute atomic E-state index is 0.252. The molecule has 18 heavy (non-hydrogen) atoms. The molecule has 0 aromatic heterocycles. The van der Waals surface area contributed by atoms with Gasteiger partial charge < -0.3 is 19.9 Å². The molecule has 1 aliphatic rings. The first-order valence-corrected chi connectivity index (χ1v) is 6.07. The SMILES string of the molecule is CC(C)(C)OC(=O)NC1(C(=O)O)CCCOCC1. The molecule has 1 unspecified atom stereocenters. The van der Waals surface area contributed by atoms with Gasteiger partial charge in [0.05, 0.1) is 0 Å². The average molecular weight is 259 g/mol. The van der Waals surface area contributed by atoms with Crippen molar-refractivity contribution in [2.45, 2.75) is 51.2 Å². The van der Waals surface area contributed by atoms with Crippen molar-refractivity contribution in [3.8, 4) is 0 Å². The van der Waals surface area contributed by atoms with Crippen LogP contribution in [0.1, 0.15) is 40.0 Å². The van der Waals surface area contributed by atoms with Gasteiger partial charge in [0.1, 0.15) is 11.1 Å². The maximum absolute atomic E-state index is 11.7. The van der Waals surface area contributed by atoms with Crippen LogP contribution in [0.4, 0.5) is 4.79 Å². The molecule has 1 aliphatic heterocycles. The summed E-state index contributed by atoms with van der Waals surface area (Å²) >= 11 is 0. The van der Waals surface area contributed by atoms with Crippen molar-refractivity contribution in [3.63, 3.8) is 0 Å². The minimum atomic E-state index is -1.28. The molecule has 1 atom stereocenters. The van der Waals surface area contributed by atoms with Gasteiger partial charge in [-0.3, -0.25) is 0 Å². The van der Waals surface area contributed by atoms with Crippen LogP contribution in [0.3, 0.4) is 0 Å². The third-order valence-electron chi connectivity index (χ3n) is 2.72. The number of carbonyl (C=O) groups excluding carboxylic acids is 1. The second kappa shape index (κ2) is 5.56. The van der Waals surface area contributed by atoms with Crippen molar-refractivity contribution in [2.75, 3.05) is 13.2 Å². The number of rotatable bonds is 2. The molecule has 0 aliphatic carbocycles. The van der Waals surface area contributed by atoms with Gasteiger partial charge in [0.2, 0.25) is 0 Å². The summed E-state index contributed by atoms with van der Waals surface area (Å²) in [6.45, 7) is 6.04. The summed E-state index contributed by atoms with van der Waals surface area (Å²) in [7, 11) is 0. The second-order valence-corrected chi connectivity index (χ2v) is 5.48. The third-order valence-corrected chi connectivity index (χ3v) is 2.72. The fraction of sp³-hybridized carbons (Fsp3) is 0.833. The molecule has 0 bridgehead atoms. The van der Waals surface area contributed by atoms with Crippen molar-refractivity contribution in [1.82, 2.24) is 5.32 Å². The number of amides is 1. The zero-order chi connectivity index (χ0) is 13.8. The van der Waals surface area contributed by atoms with E-state index in [0.29, 0.717) is 26.1 Å². The van der Waals surface area contributed by atoms with E-state index in [1.807, 2.05) is 0 Å². The number of alkyl carbamates (subject to hydrolysis) is 1. The van der Waals surface area contributed by atoms with Crippen LogP contribution in [0, 0.1) is 0 Å². The Hall–Kier alpha value is -1.30. The lowest BCUT2D eigenvalue weighted by molar-refractivity contribution is -0.145. The number of carbonyl (C=O) groups is 2. The molecule has 1 saturated heterocycles. The predicted octanol–water partition coefficient (Wildman–Crippen LogP) is 1.53. The van der Waals surface area contributed by atoms with E-state index in [-0.39, 0.29) is 6.42 Å². The van der Waals surface area contributed by atoms with Crippen LogP contribution >= 0.6 is 0 Å². The third kappa shape index (κ3) is 4.18. The Morgan fingerprint density at radius 2 is 1.94 bits per heavy atom. The normalized spacial score (nSPS) is 25.1. The molecule has 1 amide bonds. The van der Waals surface area contributed by atoms with Gasteiger partial charge in [-0.25, -0.2) is 9.59 Å². The Morgan fingerprint density at radius 3 is 2.50 bits per heavy atom. The number of aliphatic carboxylic acids is 1. The van der Waals surface area contributed by atoms with E-state index in [9.17, 15) is 14.7 Å². The molecule has 2 N–H and O–H groups in total. The van der Waals surface area contributed by atoms with Gasteiger partial charge in [-0.1, -0.05) is 0 Å². The van der Waals surface area contributed by atoms with Crippen LogP contribution in [0.25, 0.3) is 0 Å². The van der Waals surface area contributed by atoms with Crippen molar-refractivity contribution < 1.29 is 24.2 Å². The van der Waals surface area contributed by atoms with E-state index in [1.165, 1.54) is 0 Å². The lowest BCUT2D eigenvalue weighted by atomic mass is 9.91. The Labute approximate surface area is 107 Å². The first-order valence-electron chi connectivity index (χ1n) is 6.07. The fourth-order valence-corrected chi connectivity index (χ4v) is 1.84. The van der Waals surface area contributed by atoms with Crippen LogP contribution in [-0.4, -0.2) is 41.5 Å². The number of hydrogen-bond acceptors (Lipinski definition) is 4. The molecule has 6 heteroatoms. The molecular weight excluding hydrogens is 238 g/mol. The molecule has 0 aromatic rings. The lowest BCUT2D eigenvalue weighted by Crippen LogP contribution is -2.55. The van der Waals surface area contributed by atoms with Gasteiger partial charge in [0.25, 0.3) is 0 Å². The van der Waals surface area contributed by atoms with Crippen LogP contribution in [-0.2, 0) is 14.3 Å². The first kappa shape index (κ1) is 14.8.